The van der Waals surface area contributed by atoms with Gasteiger partial charge >= 0.3 is 0 Å². The lowest BCUT2D eigenvalue weighted by atomic mass is 10.3. The molecular formula is C11H11Cl2N5O. The number of ether oxygens (including phenoxy) is 1. The minimum absolute atomic E-state index is 0.0841. The Morgan fingerprint density at radius 2 is 1.84 bits per heavy atom. The molecule has 8 heteroatoms. The van der Waals surface area contributed by atoms with Crippen LogP contribution in [0.15, 0.2) is 18.2 Å². The maximum atomic E-state index is 6.08. The van der Waals surface area contributed by atoms with Gasteiger partial charge < -0.3 is 15.4 Å². The van der Waals surface area contributed by atoms with E-state index in [9.17, 15) is 0 Å². The van der Waals surface area contributed by atoms with Gasteiger partial charge in [-0.2, -0.15) is 15.0 Å². The first kappa shape index (κ1) is 13.6. The standard InChI is InChI=1S/C11H11Cl2N5O/c1-14-10-16-9(13)17-11(18-10)15-8-5-6(19-2)3-4-7(8)12/h3-5H,1-2H3,(H2,14,15,16,17,18). The zero-order chi connectivity index (χ0) is 13.8. The predicted octanol–water partition coefficient (Wildman–Crippen LogP) is 2.97. The quantitative estimate of drug-likeness (QED) is 0.904. The number of hydrogen-bond donors (Lipinski definition) is 2. The second kappa shape index (κ2) is 5.90. The van der Waals surface area contributed by atoms with Gasteiger partial charge in [-0.3, -0.25) is 0 Å². The molecule has 100 valence electrons. The van der Waals surface area contributed by atoms with Crippen LogP contribution in [0.1, 0.15) is 0 Å². The van der Waals surface area contributed by atoms with Gasteiger partial charge in [-0.1, -0.05) is 11.6 Å². The highest BCUT2D eigenvalue weighted by Gasteiger charge is 2.07. The summed E-state index contributed by atoms with van der Waals surface area (Å²) in [6.07, 6.45) is 0. The molecule has 0 radical (unpaired) electrons. The van der Waals surface area contributed by atoms with Crippen LogP contribution in [-0.2, 0) is 0 Å². The molecule has 1 heterocycles. The monoisotopic (exact) mass is 299 g/mol. The van der Waals surface area contributed by atoms with Crippen molar-refractivity contribution in [2.45, 2.75) is 0 Å². The van der Waals surface area contributed by atoms with Crippen LogP contribution in [0.4, 0.5) is 17.6 Å². The van der Waals surface area contributed by atoms with Crippen molar-refractivity contribution < 1.29 is 4.74 Å². The molecule has 2 rings (SSSR count). The summed E-state index contributed by atoms with van der Waals surface area (Å²) in [5, 5.41) is 6.35. The van der Waals surface area contributed by atoms with E-state index in [0.717, 1.165) is 0 Å². The molecule has 0 fully saturated rings. The van der Waals surface area contributed by atoms with Gasteiger partial charge in [0.1, 0.15) is 5.75 Å². The number of rotatable bonds is 4. The van der Waals surface area contributed by atoms with Crippen molar-refractivity contribution in [3.63, 3.8) is 0 Å². The fourth-order valence-corrected chi connectivity index (χ4v) is 1.69. The maximum Gasteiger partial charge on any atom is 0.233 e. The molecule has 0 aliphatic carbocycles. The number of anilines is 3. The van der Waals surface area contributed by atoms with Gasteiger partial charge in [-0.25, -0.2) is 0 Å². The molecule has 0 saturated heterocycles. The molecule has 0 amide bonds. The number of nitrogens with zero attached hydrogens (tertiary/aromatic N) is 3. The van der Waals surface area contributed by atoms with Crippen molar-refractivity contribution in [2.75, 3.05) is 24.8 Å². The predicted molar refractivity (Wildman–Crippen MR) is 75.7 cm³/mol. The topological polar surface area (TPSA) is 72.0 Å². The summed E-state index contributed by atoms with van der Waals surface area (Å²) in [4.78, 5) is 12.0. The van der Waals surface area contributed by atoms with Gasteiger partial charge in [-0.15, -0.1) is 0 Å². The summed E-state index contributed by atoms with van der Waals surface area (Å²) in [6, 6.07) is 5.20. The Morgan fingerprint density at radius 3 is 2.53 bits per heavy atom. The zero-order valence-corrected chi connectivity index (χ0v) is 11.7. The lowest BCUT2D eigenvalue weighted by Crippen LogP contribution is -2.04. The van der Waals surface area contributed by atoms with E-state index in [2.05, 4.69) is 25.6 Å². The molecule has 1 aromatic heterocycles. The second-order valence-corrected chi connectivity index (χ2v) is 4.22. The molecule has 0 spiro atoms. The number of methoxy groups -OCH3 is 1. The van der Waals surface area contributed by atoms with Gasteiger partial charge in [0, 0.05) is 13.1 Å². The molecule has 1 aromatic carbocycles. The van der Waals surface area contributed by atoms with Crippen LogP contribution < -0.4 is 15.4 Å². The first-order valence-electron chi connectivity index (χ1n) is 5.32. The number of hydrogen-bond acceptors (Lipinski definition) is 6. The summed E-state index contributed by atoms with van der Waals surface area (Å²) in [7, 11) is 3.26. The van der Waals surface area contributed by atoms with Crippen molar-refractivity contribution >= 4 is 40.8 Å². The van der Waals surface area contributed by atoms with Crippen molar-refractivity contribution in [1.82, 2.24) is 15.0 Å². The van der Waals surface area contributed by atoms with Crippen LogP contribution >= 0.6 is 23.2 Å². The molecule has 0 atom stereocenters. The highest BCUT2D eigenvalue weighted by molar-refractivity contribution is 6.33. The summed E-state index contributed by atoms with van der Waals surface area (Å²) in [5.74, 6) is 1.32. The third kappa shape index (κ3) is 3.36. The molecule has 0 aliphatic heterocycles. The summed E-state index contributed by atoms with van der Waals surface area (Å²) in [5.41, 5.74) is 0.616. The molecule has 2 aromatic rings. The zero-order valence-electron chi connectivity index (χ0n) is 10.2. The van der Waals surface area contributed by atoms with Crippen LogP contribution in [0.25, 0.3) is 0 Å². The average molecular weight is 300 g/mol. The molecular weight excluding hydrogens is 289 g/mol. The van der Waals surface area contributed by atoms with E-state index >= 15 is 0 Å². The van der Waals surface area contributed by atoms with E-state index < -0.39 is 0 Å². The molecule has 0 saturated carbocycles. The normalized spacial score (nSPS) is 10.1. The van der Waals surface area contributed by atoms with Gasteiger partial charge in [-0.05, 0) is 23.7 Å². The van der Waals surface area contributed by atoms with E-state index in [1.54, 1.807) is 32.4 Å². The molecule has 6 nitrogen and oxygen atoms in total. The highest BCUT2D eigenvalue weighted by Crippen LogP contribution is 2.28. The smallest absolute Gasteiger partial charge is 0.233 e. The Morgan fingerprint density at radius 1 is 1.11 bits per heavy atom. The molecule has 0 bridgehead atoms. The van der Waals surface area contributed by atoms with Gasteiger partial charge in [0.05, 0.1) is 17.8 Å². The van der Waals surface area contributed by atoms with E-state index in [1.807, 2.05) is 0 Å². The Hall–Kier alpha value is -1.79. The van der Waals surface area contributed by atoms with Crippen LogP contribution in [0.2, 0.25) is 10.3 Å². The van der Waals surface area contributed by atoms with Crippen LogP contribution in [0.5, 0.6) is 5.75 Å². The molecule has 0 aliphatic rings. The number of benzene rings is 1. The van der Waals surface area contributed by atoms with Crippen LogP contribution in [-0.4, -0.2) is 29.1 Å². The van der Waals surface area contributed by atoms with Crippen molar-refractivity contribution in [2.24, 2.45) is 0 Å². The lowest BCUT2D eigenvalue weighted by molar-refractivity contribution is 0.415. The number of nitrogens with one attached hydrogen (secondary N) is 2. The SMILES string of the molecule is CNc1nc(Cl)nc(Nc2cc(OC)ccc2Cl)n1. The summed E-state index contributed by atoms with van der Waals surface area (Å²) < 4.78 is 5.13. The maximum absolute atomic E-state index is 6.08. The van der Waals surface area contributed by atoms with E-state index in [0.29, 0.717) is 28.4 Å². The van der Waals surface area contributed by atoms with E-state index in [4.69, 9.17) is 27.9 Å². The fraction of sp³-hybridized carbons (Fsp3) is 0.182. The van der Waals surface area contributed by atoms with Gasteiger partial charge in [0.25, 0.3) is 0 Å². The third-order valence-electron chi connectivity index (χ3n) is 2.25. The Labute approximate surface area is 120 Å². The lowest BCUT2D eigenvalue weighted by Gasteiger charge is -2.09. The number of aromatic nitrogens is 3. The van der Waals surface area contributed by atoms with Crippen LogP contribution in [0.3, 0.4) is 0 Å². The first-order valence-corrected chi connectivity index (χ1v) is 6.08. The second-order valence-electron chi connectivity index (χ2n) is 3.47. The van der Waals surface area contributed by atoms with Crippen molar-refractivity contribution in [1.29, 1.82) is 0 Å². The first-order chi connectivity index (χ1) is 9.12. The molecule has 2 N–H and O–H groups in total. The van der Waals surface area contributed by atoms with E-state index in [-0.39, 0.29) is 5.28 Å². The Bertz CT molecular complexity index is 593. The van der Waals surface area contributed by atoms with Crippen LogP contribution in [0, 0.1) is 0 Å². The molecule has 0 unspecified atom stereocenters. The van der Waals surface area contributed by atoms with Crippen molar-refractivity contribution in [3.05, 3.63) is 28.5 Å². The highest BCUT2D eigenvalue weighted by atomic mass is 35.5. The third-order valence-corrected chi connectivity index (χ3v) is 2.75. The van der Waals surface area contributed by atoms with Gasteiger partial charge in [0.15, 0.2) is 0 Å². The summed E-state index contributed by atoms with van der Waals surface area (Å²) >= 11 is 11.9. The average Bonchev–Trinajstić information content (AvgIpc) is 2.40. The Kier molecular flexibility index (Phi) is 4.24. The minimum atomic E-state index is 0.0841. The van der Waals surface area contributed by atoms with Crippen molar-refractivity contribution in [3.8, 4) is 5.75 Å². The number of halogens is 2. The van der Waals surface area contributed by atoms with E-state index in [1.165, 1.54) is 0 Å². The minimum Gasteiger partial charge on any atom is -0.497 e. The Balaban J connectivity index is 2.32. The molecule has 19 heavy (non-hydrogen) atoms. The van der Waals surface area contributed by atoms with Gasteiger partial charge in [0.2, 0.25) is 17.2 Å². The fourth-order valence-electron chi connectivity index (χ4n) is 1.37. The largest absolute Gasteiger partial charge is 0.497 e. The summed E-state index contributed by atoms with van der Waals surface area (Å²) in [6.45, 7) is 0.